The molecule has 0 spiro atoms. The molecule has 0 aromatic heterocycles. The highest BCUT2D eigenvalue weighted by Gasteiger charge is 1.98. The second kappa shape index (κ2) is 6.95. The van der Waals surface area contributed by atoms with E-state index in [1.807, 2.05) is 0 Å². The zero-order chi connectivity index (χ0) is 10.9. The second-order valence-electron chi connectivity index (χ2n) is 3.40. The predicted molar refractivity (Wildman–Crippen MR) is 59.8 cm³/mol. The molecule has 1 aliphatic heterocycles. The van der Waals surface area contributed by atoms with E-state index < -0.39 is 4.92 Å². The molecule has 1 fully saturated rings. The molecule has 1 aliphatic rings. The zero-order valence-electron chi connectivity index (χ0n) is 8.69. The van der Waals surface area contributed by atoms with E-state index in [9.17, 15) is 10.1 Å². The molecule has 0 aliphatic carbocycles. The smallest absolute Gasteiger partial charge is 0.269 e. The maximum atomic E-state index is 10.0. The monoisotopic (exact) mass is 208 g/mol. The van der Waals surface area contributed by atoms with Gasteiger partial charge in [-0.15, -0.1) is 0 Å². The largest absolute Gasteiger partial charge is 0.317 e. The molecule has 1 saturated heterocycles. The maximum Gasteiger partial charge on any atom is 0.269 e. The minimum atomic E-state index is -0.417. The molecule has 82 valence electrons. The van der Waals surface area contributed by atoms with Gasteiger partial charge >= 0.3 is 0 Å². The zero-order valence-corrected chi connectivity index (χ0v) is 8.69. The Balaban J connectivity index is 0.000000162. The number of nitrogens with one attached hydrogen (secondary N) is 1. The molecule has 0 radical (unpaired) electrons. The Morgan fingerprint density at radius 3 is 1.93 bits per heavy atom. The van der Waals surface area contributed by atoms with Crippen LogP contribution < -0.4 is 5.32 Å². The molecule has 1 heterocycles. The van der Waals surface area contributed by atoms with E-state index in [1.165, 1.54) is 44.5 Å². The summed E-state index contributed by atoms with van der Waals surface area (Å²) < 4.78 is 0. The van der Waals surface area contributed by atoms with Gasteiger partial charge in [0.05, 0.1) is 4.92 Å². The number of hydrogen-bond donors (Lipinski definition) is 1. The summed E-state index contributed by atoms with van der Waals surface area (Å²) in [5.41, 5.74) is 0.137. The second-order valence-corrected chi connectivity index (χ2v) is 3.40. The van der Waals surface area contributed by atoms with Crippen LogP contribution in [0, 0.1) is 10.1 Å². The van der Waals surface area contributed by atoms with Crippen LogP contribution in [0.2, 0.25) is 0 Å². The third-order valence-electron chi connectivity index (χ3n) is 2.17. The Kier molecular flexibility index (Phi) is 5.40. The minimum Gasteiger partial charge on any atom is -0.317 e. The summed E-state index contributed by atoms with van der Waals surface area (Å²) >= 11 is 0. The minimum absolute atomic E-state index is 0.137. The lowest BCUT2D eigenvalue weighted by Gasteiger charge is -2.08. The van der Waals surface area contributed by atoms with Gasteiger partial charge in [-0.05, 0) is 25.9 Å². The Hall–Kier alpha value is -1.42. The fourth-order valence-electron chi connectivity index (χ4n) is 1.35. The van der Waals surface area contributed by atoms with Crippen molar-refractivity contribution in [2.24, 2.45) is 0 Å². The number of non-ortho nitro benzene ring substituents is 1. The van der Waals surface area contributed by atoms with E-state index in [1.54, 1.807) is 18.2 Å². The number of nitro benzene ring substituents is 1. The molecule has 0 unspecified atom stereocenters. The van der Waals surface area contributed by atoms with Crippen molar-refractivity contribution < 1.29 is 4.92 Å². The summed E-state index contributed by atoms with van der Waals surface area (Å²) in [6.45, 7) is 2.50. The van der Waals surface area contributed by atoms with Gasteiger partial charge in [-0.2, -0.15) is 0 Å². The third kappa shape index (κ3) is 5.12. The van der Waals surface area contributed by atoms with Gasteiger partial charge in [0, 0.05) is 12.1 Å². The summed E-state index contributed by atoms with van der Waals surface area (Å²) in [5.74, 6) is 0. The topological polar surface area (TPSA) is 55.2 Å². The van der Waals surface area contributed by atoms with Crippen LogP contribution in [0.4, 0.5) is 5.69 Å². The summed E-state index contributed by atoms with van der Waals surface area (Å²) in [6, 6.07) is 7.93. The fourth-order valence-corrected chi connectivity index (χ4v) is 1.35. The first kappa shape index (κ1) is 11.7. The number of piperidine rings is 1. The molecule has 0 bridgehead atoms. The van der Waals surface area contributed by atoms with E-state index in [2.05, 4.69) is 5.32 Å². The fraction of sp³-hybridized carbons (Fsp3) is 0.455. The summed E-state index contributed by atoms with van der Waals surface area (Å²) in [6.07, 6.45) is 4.22. The Labute approximate surface area is 89.5 Å². The molecule has 4 nitrogen and oxygen atoms in total. The van der Waals surface area contributed by atoms with Crippen LogP contribution in [0.5, 0.6) is 0 Å². The quantitative estimate of drug-likeness (QED) is 0.569. The molecule has 0 amide bonds. The SMILES string of the molecule is C1CCNCC1.O=[N+]([O-])c1ccccc1. The molecule has 1 aromatic carbocycles. The van der Waals surface area contributed by atoms with Gasteiger partial charge in [0.15, 0.2) is 0 Å². The number of nitro groups is 1. The summed E-state index contributed by atoms with van der Waals surface area (Å²) in [4.78, 5) is 9.59. The van der Waals surface area contributed by atoms with Crippen LogP contribution in [-0.4, -0.2) is 18.0 Å². The van der Waals surface area contributed by atoms with Gasteiger partial charge < -0.3 is 5.32 Å². The highest BCUT2D eigenvalue weighted by atomic mass is 16.6. The highest BCUT2D eigenvalue weighted by Crippen LogP contribution is 2.06. The first-order valence-electron chi connectivity index (χ1n) is 5.21. The van der Waals surface area contributed by atoms with Crippen molar-refractivity contribution in [3.8, 4) is 0 Å². The van der Waals surface area contributed by atoms with Gasteiger partial charge in [-0.1, -0.05) is 24.6 Å². The first-order chi connectivity index (χ1) is 7.30. The standard InChI is InChI=1S/C6H5NO2.C5H11N/c8-7(9)6-4-2-1-3-5-6;1-2-4-6-5-3-1/h1-5H;6H,1-5H2. The Morgan fingerprint density at radius 2 is 1.67 bits per heavy atom. The van der Waals surface area contributed by atoms with E-state index in [4.69, 9.17) is 0 Å². The van der Waals surface area contributed by atoms with Crippen molar-refractivity contribution in [2.75, 3.05) is 13.1 Å². The lowest BCUT2D eigenvalue weighted by Crippen LogP contribution is -2.21. The normalized spacial score (nSPS) is 14.9. The van der Waals surface area contributed by atoms with Crippen LogP contribution in [0.15, 0.2) is 30.3 Å². The van der Waals surface area contributed by atoms with Gasteiger partial charge in [-0.3, -0.25) is 10.1 Å². The van der Waals surface area contributed by atoms with Gasteiger partial charge in [0.2, 0.25) is 0 Å². The van der Waals surface area contributed by atoms with E-state index in [-0.39, 0.29) is 5.69 Å². The van der Waals surface area contributed by atoms with Crippen LogP contribution in [0.1, 0.15) is 19.3 Å². The summed E-state index contributed by atoms with van der Waals surface area (Å²) in [7, 11) is 0. The number of hydrogen-bond acceptors (Lipinski definition) is 3. The molecular weight excluding hydrogens is 192 g/mol. The molecule has 0 saturated carbocycles. The van der Waals surface area contributed by atoms with Gasteiger partial charge in [0.25, 0.3) is 5.69 Å². The summed E-state index contributed by atoms with van der Waals surface area (Å²) in [5, 5.41) is 13.3. The third-order valence-corrected chi connectivity index (χ3v) is 2.17. The van der Waals surface area contributed by atoms with Crippen molar-refractivity contribution in [2.45, 2.75) is 19.3 Å². The Morgan fingerprint density at radius 1 is 1.07 bits per heavy atom. The number of nitrogens with zero attached hydrogens (tertiary/aromatic N) is 1. The lowest BCUT2D eigenvalue weighted by atomic mass is 10.2. The lowest BCUT2D eigenvalue weighted by molar-refractivity contribution is -0.384. The molecule has 1 N–H and O–H groups in total. The van der Waals surface area contributed by atoms with Crippen LogP contribution in [-0.2, 0) is 0 Å². The van der Waals surface area contributed by atoms with Crippen molar-refractivity contribution >= 4 is 5.69 Å². The average molecular weight is 208 g/mol. The molecule has 2 rings (SSSR count). The van der Waals surface area contributed by atoms with Gasteiger partial charge in [0.1, 0.15) is 0 Å². The molecule has 0 atom stereocenters. The van der Waals surface area contributed by atoms with Crippen LogP contribution in [0.3, 0.4) is 0 Å². The highest BCUT2D eigenvalue weighted by molar-refractivity contribution is 5.27. The number of para-hydroxylation sites is 1. The maximum absolute atomic E-state index is 10.0. The molecule has 1 aromatic rings. The van der Waals surface area contributed by atoms with E-state index in [0.717, 1.165) is 0 Å². The number of rotatable bonds is 1. The van der Waals surface area contributed by atoms with Crippen molar-refractivity contribution in [1.29, 1.82) is 0 Å². The molecular formula is C11H16N2O2. The van der Waals surface area contributed by atoms with E-state index >= 15 is 0 Å². The molecule has 4 heteroatoms. The van der Waals surface area contributed by atoms with Crippen molar-refractivity contribution in [3.63, 3.8) is 0 Å². The van der Waals surface area contributed by atoms with E-state index in [0.29, 0.717) is 0 Å². The predicted octanol–water partition coefficient (Wildman–Crippen LogP) is 2.35. The average Bonchev–Trinajstić information content (AvgIpc) is 2.33. The van der Waals surface area contributed by atoms with Gasteiger partial charge in [-0.25, -0.2) is 0 Å². The van der Waals surface area contributed by atoms with Crippen molar-refractivity contribution in [3.05, 3.63) is 40.4 Å². The molecule has 15 heavy (non-hydrogen) atoms. The van der Waals surface area contributed by atoms with Crippen LogP contribution in [0.25, 0.3) is 0 Å². The number of benzene rings is 1. The first-order valence-corrected chi connectivity index (χ1v) is 5.21. The Bertz CT molecular complexity index is 272. The van der Waals surface area contributed by atoms with Crippen molar-refractivity contribution in [1.82, 2.24) is 5.32 Å². The van der Waals surface area contributed by atoms with Crippen LogP contribution >= 0.6 is 0 Å².